The van der Waals surface area contributed by atoms with E-state index < -0.39 is 6.36 Å². The molecule has 5 nitrogen and oxygen atoms in total. The number of alkyl halides is 3. The van der Waals surface area contributed by atoms with Gasteiger partial charge in [-0.3, -0.25) is 0 Å². The normalized spacial score (nSPS) is 16.3. The van der Waals surface area contributed by atoms with Crippen molar-refractivity contribution in [2.45, 2.75) is 38.6 Å². The Morgan fingerprint density at radius 1 is 1.24 bits per heavy atom. The maximum atomic E-state index is 12.6. The fourth-order valence-corrected chi connectivity index (χ4v) is 3.15. The van der Waals surface area contributed by atoms with Crippen LogP contribution in [0, 0.1) is 0 Å². The topological polar surface area (TPSA) is 62.6 Å². The molecule has 142 valence electrons. The number of nitrogen functional groups attached to an aromatic ring is 1. The van der Waals surface area contributed by atoms with Crippen LogP contribution in [0.5, 0.6) is 5.75 Å². The van der Waals surface area contributed by atoms with Crippen LogP contribution in [0.2, 0.25) is 0 Å². The Morgan fingerprint density at radius 2 is 1.92 bits per heavy atom. The summed E-state index contributed by atoms with van der Waals surface area (Å²) in [6.07, 6.45) is -2.14. The molecule has 4 N–H and O–H groups in total. The van der Waals surface area contributed by atoms with Crippen LogP contribution in [0.3, 0.4) is 0 Å². The molecule has 0 aromatic heterocycles. The van der Waals surface area contributed by atoms with Crippen molar-refractivity contribution in [2.24, 2.45) is 0 Å². The number of likely N-dealkylation sites (N-methyl/N-ethyl adjacent to an activating group) is 1. The van der Waals surface area contributed by atoms with Gasteiger partial charge in [0.2, 0.25) is 0 Å². The molecule has 1 aliphatic rings. The Morgan fingerprint density at radius 3 is 2.48 bits per heavy atom. The van der Waals surface area contributed by atoms with E-state index >= 15 is 0 Å². The zero-order valence-electron chi connectivity index (χ0n) is 14.7. The van der Waals surface area contributed by atoms with E-state index in [1.807, 2.05) is 14.0 Å². The molecule has 1 aromatic rings. The summed E-state index contributed by atoms with van der Waals surface area (Å²) >= 11 is 0. The van der Waals surface area contributed by atoms with E-state index in [1.54, 1.807) is 6.07 Å². The van der Waals surface area contributed by atoms with Gasteiger partial charge in [-0.25, -0.2) is 0 Å². The van der Waals surface area contributed by atoms with E-state index in [4.69, 9.17) is 5.73 Å². The second-order valence-electron chi connectivity index (χ2n) is 6.24. The highest BCUT2D eigenvalue weighted by atomic mass is 19.4. The Hall–Kier alpha value is -1.67. The molecule has 0 aliphatic carbocycles. The summed E-state index contributed by atoms with van der Waals surface area (Å²) in [6, 6.07) is 3.46. The SMILES string of the molecule is CCc1cc(N)c(OC(F)(F)F)cc1N1CCC(NCCNC)CC1. The van der Waals surface area contributed by atoms with Crippen molar-refractivity contribution in [1.29, 1.82) is 0 Å². The molecule has 8 heteroatoms. The van der Waals surface area contributed by atoms with Gasteiger partial charge >= 0.3 is 6.36 Å². The fourth-order valence-electron chi connectivity index (χ4n) is 3.15. The molecule has 0 radical (unpaired) electrons. The number of hydrogen-bond donors (Lipinski definition) is 3. The predicted octanol–water partition coefficient (Wildman–Crippen LogP) is 2.51. The smallest absolute Gasteiger partial charge is 0.404 e. The number of hydrogen-bond acceptors (Lipinski definition) is 5. The lowest BCUT2D eigenvalue weighted by Gasteiger charge is -2.35. The first-order valence-corrected chi connectivity index (χ1v) is 8.65. The third kappa shape index (κ3) is 5.67. The van der Waals surface area contributed by atoms with Gasteiger partial charge in [0, 0.05) is 44.0 Å². The van der Waals surface area contributed by atoms with Crippen LogP contribution in [0.15, 0.2) is 12.1 Å². The monoisotopic (exact) mass is 360 g/mol. The molecule has 0 amide bonds. The van der Waals surface area contributed by atoms with Crippen molar-refractivity contribution >= 4 is 11.4 Å². The van der Waals surface area contributed by atoms with Crippen molar-refractivity contribution in [1.82, 2.24) is 10.6 Å². The number of nitrogens with one attached hydrogen (secondary N) is 2. The lowest BCUT2D eigenvalue weighted by molar-refractivity contribution is -0.274. The minimum absolute atomic E-state index is 0.0153. The van der Waals surface area contributed by atoms with Crippen molar-refractivity contribution in [2.75, 3.05) is 43.9 Å². The van der Waals surface area contributed by atoms with Gasteiger partial charge in [0.15, 0.2) is 5.75 Å². The highest BCUT2D eigenvalue weighted by Gasteiger charge is 2.32. The molecule has 0 unspecified atom stereocenters. The molecule has 0 bridgehead atoms. The number of rotatable bonds is 7. The van der Waals surface area contributed by atoms with Crippen LogP contribution in [0.25, 0.3) is 0 Å². The lowest BCUT2D eigenvalue weighted by atomic mass is 10.0. The minimum Gasteiger partial charge on any atom is -0.404 e. The molecule has 0 spiro atoms. The van der Waals surface area contributed by atoms with E-state index in [0.29, 0.717) is 12.5 Å². The summed E-state index contributed by atoms with van der Waals surface area (Å²) in [6.45, 7) is 5.37. The molecule has 1 fully saturated rings. The van der Waals surface area contributed by atoms with Gasteiger partial charge in [0.05, 0.1) is 5.69 Å². The van der Waals surface area contributed by atoms with Gasteiger partial charge in [-0.05, 0) is 37.9 Å². The molecule has 0 atom stereocenters. The number of anilines is 2. The molecule has 1 aliphatic heterocycles. The summed E-state index contributed by atoms with van der Waals surface area (Å²) in [5, 5.41) is 6.59. The quantitative estimate of drug-likeness (QED) is 0.515. The Labute approximate surface area is 146 Å². The van der Waals surface area contributed by atoms with Crippen LogP contribution < -0.4 is 26.0 Å². The Balaban J connectivity index is 2.09. The average Bonchev–Trinajstić information content (AvgIpc) is 2.56. The number of piperidine rings is 1. The first-order chi connectivity index (χ1) is 11.8. The summed E-state index contributed by atoms with van der Waals surface area (Å²) < 4.78 is 41.8. The van der Waals surface area contributed by atoms with Gasteiger partial charge < -0.3 is 26.0 Å². The molecule has 1 aromatic carbocycles. The van der Waals surface area contributed by atoms with Gasteiger partial charge in [0.25, 0.3) is 0 Å². The van der Waals surface area contributed by atoms with Crippen molar-refractivity contribution in [3.63, 3.8) is 0 Å². The molecular formula is C17H27F3N4O. The molecule has 2 rings (SSSR count). The number of nitrogens with two attached hydrogens (primary N) is 1. The minimum atomic E-state index is -4.75. The number of halogens is 3. The zero-order chi connectivity index (χ0) is 18.4. The van der Waals surface area contributed by atoms with Gasteiger partial charge in [-0.2, -0.15) is 0 Å². The maximum Gasteiger partial charge on any atom is 0.573 e. The highest BCUT2D eigenvalue weighted by Crippen LogP contribution is 2.36. The number of ether oxygens (including phenoxy) is 1. The fraction of sp³-hybridized carbons (Fsp3) is 0.647. The second-order valence-corrected chi connectivity index (χ2v) is 6.24. The van der Waals surface area contributed by atoms with Gasteiger partial charge in [0.1, 0.15) is 0 Å². The predicted molar refractivity (Wildman–Crippen MR) is 94.1 cm³/mol. The van der Waals surface area contributed by atoms with Crippen molar-refractivity contribution in [3.05, 3.63) is 17.7 Å². The number of nitrogens with zero attached hydrogens (tertiary/aromatic N) is 1. The van der Waals surface area contributed by atoms with Crippen LogP contribution in [0.4, 0.5) is 24.5 Å². The molecular weight excluding hydrogens is 333 g/mol. The molecule has 25 heavy (non-hydrogen) atoms. The Bertz CT molecular complexity index is 558. The van der Waals surface area contributed by atoms with Crippen LogP contribution in [-0.2, 0) is 6.42 Å². The first kappa shape index (κ1) is 19.7. The van der Waals surface area contributed by atoms with E-state index in [2.05, 4.69) is 20.3 Å². The second kappa shape index (κ2) is 8.62. The maximum absolute atomic E-state index is 12.6. The van der Waals surface area contributed by atoms with E-state index in [1.165, 1.54) is 6.07 Å². The van der Waals surface area contributed by atoms with E-state index in [9.17, 15) is 13.2 Å². The van der Waals surface area contributed by atoms with Gasteiger partial charge in [-0.1, -0.05) is 6.92 Å². The van der Waals surface area contributed by atoms with E-state index in [0.717, 1.165) is 50.3 Å². The summed E-state index contributed by atoms with van der Waals surface area (Å²) in [5.41, 5.74) is 7.47. The largest absolute Gasteiger partial charge is 0.573 e. The number of aryl methyl sites for hydroxylation is 1. The summed E-state index contributed by atoms with van der Waals surface area (Å²) in [7, 11) is 1.91. The molecule has 1 saturated heterocycles. The third-order valence-electron chi connectivity index (χ3n) is 4.46. The molecule has 0 saturated carbocycles. The Kier molecular flexibility index (Phi) is 6.78. The van der Waals surface area contributed by atoms with E-state index in [-0.39, 0.29) is 11.4 Å². The van der Waals surface area contributed by atoms with Crippen LogP contribution in [0.1, 0.15) is 25.3 Å². The third-order valence-corrected chi connectivity index (χ3v) is 4.46. The van der Waals surface area contributed by atoms with Crippen LogP contribution >= 0.6 is 0 Å². The summed E-state index contributed by atoms with van der Waals surface area (Å²) in [5.74, 6) is -0.325. The first-order valence-electron chi connectivity index (χ1n) is 8.65. The standard InChI is InChI=1S/C17H27F3N4O/c1-3-12-10-14(21)16(25-17(18,19)20)11-15(12)24-8-4-13(5-9-24)23-7-6-22-2/h10-11,13,22-23H,3-9,21H2,1-2H3. The highest BCUT2D eigenvalue weighted by molar-refractivity contribution is 5.67. The van der Waals surface area contributed by atoms with Gasteiger partial charge in [-0.15, -0.1) is 13.2 Å². The number of benzene rings is 1. The summed E-state index contributed by atoms with van der Waals surface area (Å²) in [4.78, 5) is 2.12. The molecule has 1 heterocycles. The van der Waals surface area contributed by atoms with Crippen LogP contribution in [-0.4, -0.2) is 45.6 Å². The average molecular weight is 360 g/mol. The zero-order valence-corrected chi connectivity index (χ0v) is 14.7. The van der Waals surface area contributed by atoms with Crippen molar-refractivity contribution < 1.29 is 17.9 Å². The van der Waals surface area contributed by atoms with Crippen molar-refractivity contribution in [3.8, 4) is 5.75 Å². The lowest BCUT2D eigenvalue weighted by Crippen LogP contribution is -2.44.